The molecule has 0 spiro atoms. The van der Waals surface area contributed by atoms with Crippen molar-refractivity contribution in [2.45, 2.75) is 38.5 Å². The quantitative estimate of drug-likeness (QED) is 0.871. The minimum atomic E-state index is -0.718. The van der Waals surface area contributed by atoms with Crippen LogP contribution in [0.15, 0.2) is 18.2 Å². The van der Waals surface area contributed by atoms with Gasteiger partial charge in [-0.2, -0.15) is 0 Å². The third-order valence-electron chi connectivity index (χ3n) is 3.29. The molecule has 1 aliphatic carbocycles. The molecule has 0 bridgehead atoms. The topological polar surface area (TPSA) is 46.5 Å². The van der Waals surface area contributed by atoms with Crippen LogP contribution in [0.5, 0.6) is 5.75 Å². The van der Waals surface area contributed by atoms with Crippen LogP contribution >= 0.6 is 0 Å². The van der Waals surface area contributed by atoms with E-state index >= 15 is 0 Å². The Morgan fingerprint density at radius 2 is 2.35 bits per heavy atom. The van der Waals surface area contributed by atoms with E-state index in [2.05, 4.69) is 6.07 Å². The second-order valence-corrected chi connectivity index (χ2v) is 4.48. The second-order valence-electron chi connectivity index (χ2n) is 4.48. The lowest BCUT2D eigenvalue weighted by Crippen LogP contribution is -2.13. The summed E-state index contributed by atoms with van der Waals surface area (Å²) in [6.45, 7) is 2.59. The molecule has 0 amide bonds. The SMILES string of the molecule is CCOc1ccc2c(c1)C(CC(=O)O)CCC2. The van der Waals surface area contributed by atoms with Crippen molar-refractivity contribution >= 4 is 5.97 Å². The summed E-state index contributed by atoms with van der Waals surface area (Å²) in [5.74, 6) is 0.282. The van der Waals surface area contributed by atoms with Gasteiger partial charge in [0, 0.05) is 0 Å². The van der Waals surface area contributed by atoms with Gasteiger partial charge in [0.05, 0.1) is 13.0 Å². The highest BCUT2D eigenvalue weighted by atomic mass is 16.5. The van der Waals surface area contributed by atoms with Gasteiger partial charge in [-0.1, -0.05) is 6.07 Å². The molecule has 0 saturated carbocycles. The van der Waals surface area contributed by atoms with Gasteiger partial charge in [-0.3, -0.25) is 4.79 Å². The standard InChI is InChI=1S/C14H18O3/c1-2-17-12-7-6-10-4-3-5-11(8-14(15)16)13(10)9-12/h6-7,9,11H,2-5,8H2,1H3,(H,15,16). The Morgan fingerprint density at radius 1 is 1.53 bits per heavy atom. The maximum Gasteiger partial charge on any atom is 0.303 e. The molecule has 1 aliphatic rings. The zero-order valence-corrected chi connectivity index (χ0v) is 10.1. The van der Waals surface area contributed by atoms with Gasteiger partial charge in [-0.15, -0.1) is 0 Å². The van der Waals surface area contributed by atoms with Crippen molar-refractivity contribution in [3.05, 3.63) is 29.3 Å². The summed E-state index contributed by atoms with van der Waals surface area (Å²) in [7, 11) is 0. The lowest BCUT2D eigenvalue weighted by molar-refractivity contribution is -0.137. The molecule has 0 fully saturated rings. The van der Waals surface area contributed by atoms with E-state index in [9.17, 15) is 4.79 Å². The molecule has 1 aromatic rings. The average molecular weight is 234 g/mol. The number of hydrogen-bond donors (Lipinski definition) is 1. The van der Waals surface area contributed by atoms with Crippen LogP contribution < -0.4 is 4.74 Å². The smallest absolute Gasteiger partial charge is 0.303 e. The molecule has 92 valence electrons. The Morgan fingerprint density at radius 3 is 3.06 bits per heavy atom. The number of rotatable bonds is 4. The van der Waals surface area contributed by atoms with Crippen molar-refractivity contribution in [2.24, 2.45) is 0 Å². The van der Waals surface area contributed by atoms with Crippen molar-refractivity contribution in [3.63, 3.8) is 0 Å². The molecule has 0 saturated heterocycles. The molecule has 17 heavy (non-hydrogen) atoms. The van der Waals surface area contributed by atoms with Crippen LogP contribution in [-0.2, 0) is 11.2 Å². The van der Waals surface area contributed by atoms with Gasteiger partial charge in [-0.25, -0.2) is 0 Å². The van der Waals surface area contributed by atoms with E-state index in [4.69, 9.17) is 9.84 Å². The summed E-state index contributed by atoms with van der Waals surface area (Å²) in [4.78, 5) is 10.9. The van der Waals surface area contributed by atoms with Crippen LogP contribution in [0.2, 0.25) is 0 Å². The van der Waals surface area contributed by atoms with Gasteiger partial charge in [0.25, 0.3) is 0 Å². The number of ether oxygens (including phenoxy) is 1. The summed E-state index contributed by atoms with van der Waals surface area (Å²) >= 11 is 0. The Bertz CT molecular complexity index is 412. The van der Waals surface area contributed by atoms with Crippen LogP contribution in [-0.4, -0.2) is 17.7 Å². The van der Waals surface area contributed by atoms with Crippen LogP contribution in [0.25, 0.3) is 0 Å². The van der Waals surface area contributed by atoms with Gasteiger partial charge < -0.3 is 9.84 Å². The van der Waals surface area contributed by atoms with E-state index in [0.29, 0.717) is 6.61 Å². The van der Waals surface area contributed by atoms with E-state index in [1.807, 2.05) is 19.1 Å². The fourth-order valence-corrected chi connectivity index (χ4v) is 2.55. The minimum absolute atomic E-state index is 0.150. The fraction of sp³-hybridized carbons (Fsp3) is 0.500. The van der Waals surface area contributed by atoms with Crippen molar-refractivity contribution in [3.8, 4) is 5.75 Å². The van der Waals surface area contributed by atoms with Gasteiger partial charge in [0.2, 0.25) is 0 Å². The molecule has 0 radical (unpaired) electrons. The van der Waals surface area contributed by atoms with Gasteiger partial charge in [0.1, 0.15) is 5.75 Å². The van der Waals surface area contributed by atoms with Gasteiger partial charge >= 0.3 is 5.97 Å². The molecule has 1 aromatic carbocycles. The maximum atomic E-state index is 10.9. The molecule has 2 rings (SSSR count). The van der Waals surface area contributed by atoms with Crippen molar-refractivity contribution in [1.82, 2.24) is 0 Å². The van der Waals surface area contributed by atoms with E-state index in [-0.39, 0.29) is 12.3 Å². The second kappa shape index (κ2) is 5.21. The molecule has 1 N–H and O–H groups in total. The number of carboxylic acid groups (broad SMARTS) is 1. The van der Waals surface area contributed by atoms with Crippen molar-refractivity contribution < 1.29 is 14.6 Å². The molecule has 3 nitrogen and oxygen atoms in total. The lowest BCUT2D eigenvalue weighted by Gasteiger charge is -2.24. The molecule has 0 heterocycles. The highest BCUT2D eigenvalue weighted by Crippen LogP contribution is 2.36. The summed E-state index contributed by atoms with van der Waals surface area (Å²) in [5, 5.41) is 8.93. The van der Waals surface area contributed by atoms with Crippen LogP contribution in [0.1, 0.15) is 43.2 Å². The normalized spacial score (nSPS) is 18.5. The van der Waals surface area contributed by atoms with E-state index in [1.54, 1.807) is 0 Å². The largest absolute Gasteiger partial charge is 0.494 e. The Labute approximate surface area is 101 Å². The summed E-state index contributed by atoms with van der Waals surface area (Å²) < 4.78 is 5.48. The first-order valence-electron chi connectivity index (χ1n) is 6.18. The van der Waals surface area contributed by atoms with Crippen LogP contribution in [0.3, 0.4) is 0 Å². The first-order chi connectivity index (χ1) is 8.20. The summed E-state index contributed by atoms with van der Waals surface area (Å²) in [6, 6.07) is 6.07. The number of carboxylic acids is 1. The predicted octanol–water partition coefficient (Wildman–Crippen LogP) is 2.98. The monoisotopic (exact) mass is 234 g/mol. The van der Waals surface area contributed by atoms with Crippen LogP contribution in [0.4, 0.5) is 0 Å². The Hall–Kier alpha value is -1.51. The Balaban J connectivity index is 2.27. The first-order valence-corrected chi connectivity index (χ1v) is 6.18. The highest BCUT2D eigenvalue weighted by Gasteiger charge is 2.22. The molecular weight excluding hydrogens is 216 g/mol. The minimum Gasteiger partial charge on any atom is -0.494 e. The number of hydrogen-bond acceptors (Lipinski definition) is 2. The number of fused-ring (bicyclic) bond motifs is 1. The average Bonchev–Trinajstić information content (AvgIpc) is 2.29. The van der Waals surface area contributed by atoms with Crippen molar-refractivity contribution in [2.75, 3.05) is 6.61 Å². The lowest BCUT2D eigenvalue weighted by atomic mass is 9.81. The van der Waals surface area contributed by atoms with E-state index in [0.717, 1.165) is 25.0 Å². The Kier molecular flexibility index (Phi) is 3.67. The number of aryl methyl sites for hydroxylation is 1. The van der Waals surface area contributed by atoms with Crippen molar-refractivity contribution in [1.29, 1.82) is 0 Å². The molecule has 0 aliphatic heterocycles. The van der Waals surface area contributed by atoms with Gasteiger partial charge in [-0.05, 0) is 55.4 Å². The number of carbonyl (C=O) groups is 1. The molecule has 1 atom stereocenters. The molecule has 1 unspecified atom stereocenters. The highest BCUT2D eigenvalue weighted by molar-refractivity contribution is 5.68. The molecule has 0 aromatic heterocycles. The number of aliphatic carboxylic acids is 1. The zero-order chi connectivity index (χ0) is 12.3. The van der Waals surface area contributed by atoms with E-state index < -0.39 is 5.97 Å². The third kappa shape index (κ3) is 2.78. The predicted molar refractivity (Wildman–Crippen MR) is 65.5 cm³/mol. The summed E-state index contributed by atoms with van der Waals surface area (Å²) in [6.07, 6.45) is 3.33. The summed E-state index contributed by atoms with van der Waals surface area (Å²) in [5.41, 5.74) is 2.45. The van der Waals surface area contributed by atoms with E-state index in [1.165, 1.54) is 11.1 Å². The maximum absolute atomic E-state index is 10.9. The first kappa shape index (κ1) is 12.0. The zero-order valence-electron chi connectivity index (χ0n) is 10.1. The van der Waals surface area contributed by atoms with Gasteiger partial charge in [0.15, 0.2) is 0 Å². The molecule has 3 heteroatoms. The third-order valence-corrected chi connectivity index (χ3v) is 3.29. The number of benzene rings is 1. The van der Waals surface area contributed by atoms with Crippen LogP contribution in [0, 0.1) is 0 Å². The fourth-order valence-electron chi connectivity index (χ4n) is 2.55. The molecular formula is C14H18O3.